The number of rotatable bonds is 7. The highest BCUT2D eigenvalue weighted by molar-refractivity contribution is 5.95. The van der Waals surface area contributed by atoms with Crippen LogP contribution in [0.5, 0.6) is 0 Å². The van der Waals surface area contributed by atoms with Crippen LogP contribution in [0, 0.1) is 17.2 Å². The van der Waals surface area contributed by atoms with Crippen LogP contribution in [0.15, 0.2) is 52.4 Å². The summed E-state index contributed by atoms with van der Waals surface area (Å²) in [5.41, 5.74) is 1.51. The fraction of sp³-hybridized carbons (Fsp3) is 0.364. The molecule has 1 fully saturated rings. The maximum absolute atomic E-state index is 12.8. The highest BCUT2D eigenvalue weighted by Gasteiger charge is 2.28. The normalized spacial score (nSPS) is 15.3. The van der Waals surface area contributed by atoms with Crippen molar-refractivity contribution in [3.63, 3.8) is 0 Å². The van der Waals surface area contributed by atoms with Crippen LogP contribution in [-0.2, 0) is 4.79 Å². The van der Waals surface area contributed by atoms with Gasteiger partial charge in [0.2, 0.25) is 5.91 Å². The molecule has 1 atom stereocenters. The predicted molar refractivity (Wildman–Crippen MR) is 113 cm³/mol. The molecule has 1 aromatic heterocycles. The summed E-state index contributed by atoms with van der Waals surface area (Å²) in [5.74, 6) is 1.02. The van der Waals surface area contributed by atoms with E-state index in [9.17, 15) is 9.59 Å². The Bertz CT molecular complexity index is 1020. The van der Waals surface area contributed by atoms with E-state index in [1.54, 1.807) is 42.6 Å². The van der Waals surface area contributed by atoms with Gasteiger partial charge in [-0.15, -0.1) is 0 Å². The lowest BCUT2D eigenvalue weighted by molar-refractivity contribution is -0.120. The molecule has 1 aliphatic carbocycles. The minimum atomic E-state index is -0.238. The number of nitrogens with zero attached hydrogens (tertiary/aromatic N) is 3. The Morgan fingerprint density at radius 2 is 2.14 bits per heavy atom. The number of nitrogens with one attached hydrogen (secondary N) is 2. The first-order valence-corrected chi connectivity index (χ1v) is 9.85. The van der Waals surface area contributed by atoms with Gasteiger partial charge in [0, 0.05) is 25.2 Å². The van der Waals surface area contributed by atoms with Crippen LogP contribution >= 0.6 is 0 Å². The summed E-state index contributed by atoms with van der Waals surface area (Å²) in [6, 6.07) is 9.10. The van der Waals surface area contributed by atoms with Crippen LogP contribution in [0.1, 0.15) is 38.7 Å². The molecule has 150 valence electrons. The van der Waals surface area contributed by atoms with E-state index in [2.05, 4.69) is 21.5 Å². The summed E-state index contributed by atoms with van der Waals surface area (Å²) in [5, 5.41) is 14.9. The second-order valence-corrected chi connectivity index (χ2v) is 7.15. The molecule has 7 nitrogen and oxygen atoms in total. The van der Waals surface area contributed by atoms with E-state index < -0.39 is 0 Å². The van der Waals surface area contributed by atoms with Gasteiger partial charge in [-0.2, -0.15) is 5.26 Å². The van der Waals surface area contributed by atoms with Crippen LogP contribution in [0.25, 0.3) is 11.1 Å². The van der Waals surface area contributed by atoms with E-state index in [1.165, 1.54) is 17.5 Å². The van der Waals surface area contributed by atoms with Crippen molar-refractivity contribution in [2.75, 3.05) is 6.54 Å². The van der Waals surface area contributed by atoms with Crippen LogP contribution in [0.3, 0.4) is 0 Å². The van der Waals surface area contributed by atoms with Gasteiger partial charge in [-0.3, -0.25) is 19.7 Å². The van der Waals surface area contributed by atoms with Gasteiger partial charge < -0.3 is 5.32 Å². The quantitative estimate of drug-likeness (QED) is 0.560. The Kier molecular flexibility index (Phi) is 6.45. The van der Waals surface area contributed by atoms with Crippen molar-refractivity contribution < 1.29 is 4.79 Å². The van der Waals surface area contributed by atoms with Gasteiger partial charge in [0.05, 0.1) is 17.2 Å². The molecule has 29 heavy (non-hydrogen) atoms. The standard InChI is InChI=1S/C22H25N5O2/c1-3-24-20(5-4-6-21(28)26-15(2)17-11-12-17)27-22(29)19(14-25-27)18-9-7-16(13-23)8-10-18/h4-5,7-10,14-15,17,25H,3,6,11-12H2,1-2H3,(H,26,28)/b5-4-,24-20?. The molecular formula is C22H25N5O2. The number of aromatic amines is 1. The molecule has 0 aliphatic heterocycles. The Balaban J connectivity index is 1.73. The number of carbonyl (C=O) groups excluding carboxylic acids is 1. The molecule has 2 N–H and O–H groups in total. The Hall–Kier alpha value is -3.40. The van der Waals surface area contributed by atoms with Crippen molar-refractivity contribution in [3.8, 4) is 17.2 Å². The van der Waals surface area contributed by atoms with Crippen LogP contribution < -0.4 is 10.9 Å². The lowest BCUT2D eigenvalue weighted by Crippen LogP contribution is -2.33. The van der Waals surface area contributed by atoms with E-state index in [-0.39, 0.29) is 23.9 Å². The fourth-order valence-corrected chi connectivity index (χ4v) is 3.13. The average molecular weight is 391 g/mol. The number of carbonyl (C=O) groups is 1. The smallest absolute Gasteiger partial charge is 0.280 e. The molecule has 0 bridgehead atoms. The number of hydrogen-bond acceptors (Lipinski definition) is 4. The third-order valence-electron chi connectivity index (χ3n) is 4.93. The lowest BCUT2D eigenvalue weighted by atomic mass is 10.1. The molecule has 1 heterocycles. The lowest BCUT2D eigenvalue weighted by Gasteiger charge is -2.11. The predicted octanol–water partition coefficient (Wildman–Crippen LogP) is 2.84. The van der Waals surface area contributed by atoms with E-state index in [0.717, 1.165) is 5.56 Å². The maximum atomic E-state index is 12.8. The Morgan fingerprint density at radius 3 is 2.76 bits per heavy atom. The molecule has 1 aliphatic rings. The number of hydrogen-bond donors (Lipinski definition) is 2. The first kappa shape index (κ1) is 20.3. The summed E-state index contributed by atoms with van der Waals surface area (Å²) in [7, 11) is 0. The van der Waals surface area contributed by atoms with Gasteiger partial charge in [-0.25, -0.2) is 4.68 Å². The molecular weight excluding hydrogens is 366 g/mol. The third-order valence-corrected chi connectivity index (χ3v) is 4.93. The van der Waals surface area contributed by atoms with E-state index in [4.69, 9.17) is 5.26 Å². The Labute approximate surface area is 169 Å². The zero-order valence-corrected chi connectivity index (χ0v) is 16.7. The monoisotopic (exact) mass is 391 g/mol. The summed E-state index contributed by atoms with van der Waals surface area (Å²) < 4.78 is 1.36. The highest BCUT2D eigenvalue weighted by Crippen LogP contribution is 2.32. The number of benzene rings is 1. The summed E-state index contributed by atoms with van der Waals surface area (Å²) in [6.07, 6.45) is 7.62. The molecule has 1 unspecified atom stereocenters. The summed E-state index contributed by atoms with van der Waals surface area (Å²) in [4.78, 5) is 29.3. The number of nitriles is 1. The highest BCUT2D eigenvalue weighted by atomic mass is 16.1. The largest absolute Gasteiger partial charge is 0.353 e. The first-order chi connectivity index (χ1) is 14.0. The molecule has 1 aromatic carbocycles. The second-order valence-electron chi connectivity index (χ2n) is 7.15. The van der Waals surface area contributed by atoms with Crippen molar-refractivity contribution in [2.24, 2.45) is 10.9 Å². The summed E-state index contributed by atoms with van der Waals surface area (Å²) in [6.45, 7) is 4.42. The second kappa shape index (κ2) is 9.20. The van der Waals surface area contributed by atoms with Crippen molar-refractivity contribution in [1.82, 2.24) is 15.1 Å². The van der Waals surface area contributed by atoms with Crippen LogP contribution in [-0.4, -0.2) is 34.1 Å². The maximum Gasteiger partial charge on any atom is 0.280 e. The van der Waals surface area contributed by atoms with Crippen LogP contribution in [0.4, 0.5) is 0 Å². The van der Waals surface area contributed by atoms with Gasteiger partial charge in [-0.05, 0) is 56.4 Å². The van der Waals surface area contributed by atoms with Crippen molar-refractivity contribution in [2.45, 2.75) is 39.2 Å². The van der Waals surface area contributed by atoms with Gasteiger partial charge >= 0.3 is 0 Å². The van der Waals surface area contributed by atoms with E-state index >= 15 is 0 Å². The Morgan fingerprint density at radius 1 is 1.41 bits per heavy atom. The minimum absolute atomic E-state index is 0.0337. The first-order valence-electron chi connectivity index (χ1n) is 9.85. The zero-order chi connectivity index (χ0) is 20.8. The molecule has 1 amide bonds. The SMILES string of the molecule is CCN=C(/C=C\CC(=O)NC(C)C1CC1)n1[nH]cc(-c2ccc(C#N)cc2)c1=O. The van der Waals surface area contributed by atoms with Crippen molar-refractivity contribution >= 4 is 11.7 Å². The van der Waals surface area contributed by atoms with Crippen molar-refractivity contribution in [1.29, 1.82) is 5.26 Å². The van der Waals surface area contributed by atoms with Crippen molar-refractivity contribution in [3.05, 3.63) is 58.5 Å². The van der Waals surface area contributed by atoms with E-state index in [0.29, 0.717) is 29.4 Å². The van der Waals surface area contributed by atoms with Gasteiger partial charge in [0.15, 0.2) is 0 Å². The van der Waals surface area contributed by atoms with Gasteiger partial charge in [-0.1, -0.05) is 18.2 Å². The number of aromatic nitrogens is 2. The number of allylic oxidation sites excluding steroid dienone is 1. The molecule has 0 radical (unpaired) electrons. The average Bonchev–Trinajstić information content (AvgIpc) is 3.50. The number of aliphatic imine (C=N–C) groups is 1. The molecule has 7 heteroatoms. The van der Waals surface area contributed by atoms with Gasteiger partial charge in [0.25, 0.3) is 5.56 Å². The minimum Gasteiger partial charge on any atom is -0.353 e. The van der Waals surface area contributed by atoms with E-state index in [1.807, 2.05) is 13.8 Å². The number of H-pyrrole nitrogens is 1. The molecule has 0 spiro atoms. The molecule has 3 rings (SSSR count). The number of amides is 1. The molecule has 0 saturated heterocycles. The van der Waals surface area contributed by atoms with Gasteiger partial charge in [0.1, 0.15) is 5.84 Å². The zero-order valence-electron chi connectivity index (χ0n) is 16.7. The molecule has 1 saturated carbocycles. The van der Waals surface area contributed by atoms with Crippen LogP contribution in [0.2, 0.25) is 0 Å². The molecule has 2 aromatic rings. The topological polar surface area (TPSA) is 103 Å². The fourth-order valence-electron chi connectivity index (χ4n) is 3.13. The third kappa shape index (κ3) is 5.11. The summed E-state index contributed by atoms with van der Waals surface area (Å²) >= 11 is 0.